The monoisotopic (exact) mass is 250 g/mol. The van der Waals surface area contributed by atoms with Gasteiger partial charge in [0.15, 0.2) is 0 Å². The fourth-order valence-electron chi connectivity index (χ4n) is 2.97. The van der Waals surface area contributed by atoms with E-state index in [1.54, 1.807) is 0 Å². The quantitative estimate of drug-likeness (QED) is 0.887. The van der Waals surface area contributed by atoms with Crippen LogP contribution < -0.4 is 5.32 Å². The summed E-state index contributed by atoms with van der Waals surface area (Å²) in [5.74, 6) is 0.839. The fraction of sp³-hybridized carbons (Fsp3) is 0.786. The van der Waals surface area contributed by atoms with Crippen molar-refractivity contribution < 1.29 is 0 Å². The Kier molecular flexibility index (Phi) is 2.79. The lowest BCUT2D eigenvalue weighted by atomic mass is 9.96. The van der Waals surface area contributed by atoms with Crippen molar-refractivity contribution in [1.29, 1.82) is 0 Å². The molecule has 0 saturated heterocycles. The molecular weight excluding hydrogens is 228 g/mol. The number of rotatable bonds is 3. The molecule has 3 heteroatoms. The first-order valence-corrected chi connectivity index (χ1v) is 7.63. The van der Waals surface area contributed by atoms with Crippen LogP contribution in [0.5, 0.6) is 0 Å². The standard InChI is InChI=1S/C14H22N2S/c1-9-6-7-14(8-9,16-12-4-5-12)13-15-10(2)11(3)17-13/h9,12,16H,4-8H2,1-3H3. The van der Waals surface area contributed by atoms with E-state index in [1.165, 1.54) is 47.7 Å². The Labute approximate surface area is 108 Å². The van der Waals surface area contributed by atoms with Crippen molar-refractivity contribution in [3.8, 4) is 0 Å². The van der Waals surface area contributed by atoms with Gasteiger partial charge in [-0.25, -0.2) is 4.98 Å². The lowest BCUT2D eigenvalue weighted by Gasteiger charge is -2.29. The van der Waals surface area contributed by atoms with E-state index < -0.39 is 0 Å². The first kappa shape index (κ1) is 11.7. The molecule has 1 N–H and O–H groups in total. The molecule has 0 amide bonds. The summed E-state index contributed by atoms with van der Waals surface area (Å²) in [7, 11) is 0. The van der Waals surface area contributed by atoms with Crippen molar-refractivity contribution in [3.05, 3.63) is 15.6 Å². The molecule has 2 saturated carbocycles. The summed E-state index contributed by atoms with van der Waals surface area (Å²) in [4.78, 5) is 6.22. The number of nitrogens with zero attached hydrogens (tertiary/aromatic N) is 1. The summed E-state index contributed by atoms with van der Waals surface area (Å²) < 4.78 is 0. The number of hydrogen-bond donors (Lipinski definition) is 1. The molecule has 0 radical (unpaired) electrons. The van der Waals surface area contributed by atoms with Crippen molar-refractivity contribution in [2.75, 3.05) is 0 Å². The summed E-state index contributed by atoms with van der Waals surface area (Å²) >= 11 is 1.91. The van der Waals surface area contributed by atoms with Gasteiger partial charge in [0.25, 0.3) is 0 Å². The van der Waals surface area contributed by atoms with Gasteiger partial charge in [-0.15, -0.1) is 11.3 Å². The predicted molar refractivity (Wildman–Crippen MR) is 72.4 cm³/mol. The van der Waals surface area contributed by atoms with Crippen LogP contribution in [0.4, 0.5) is 0 Å². The summed E-state index contributed by atoms with van der Waals surface area (Å²) in [5.41, 5.74) is 1.44. The van der Waals surface area contributed by atoms with Gasteiger partial charge in [-0.3, -0.25) is 0 Å². The lowest BCUT2D eigenvalue weighted by Crippen LogP contribution is -2.41. The topological polar surface area (TPSA) is 24.9 Å². The van der Waals surface area contributed by atoms with E-state index in [2.05, 4.69) is 26.1 Å². The highest BCUT2D eigenvalue weighted by Gasteiger charge is 2.44. The molecule has 1 aromatic heterocycles. The molecule has 1 aromatic rings. The van der Waals surface area contributed by atoms with Crippen LogP contribution >= 0.6 is 11.3 Å². The zero-order chi connectivity index (χ0) is 12.0. The second-order valence-corrected chi connectivity index (χ2v) is 7.21. The van der Waals surface area contributed by atoms with E-state index >= 15 is 0 Å². The van der Waals surface area contributed by atoms with Gasteiger partial charge in [-0.05, 0) is 51.9 Å². The third kappa shape index (κ3) is 2.15. The van der Waals surface area contributed by atoms with Crippen molar-refractivity contribution >= 4 is 11.3 Å². The van der Waals surface area contributed by atoms with Crippen LogP contribution in [0.1, 0.15) is 54.6 Å². The Morgan fingerprint density at radius 3 is 2.53 bits per heavy atom. The minimum atomic E-state index is 0.213. The van der Waals surface area contributed by atoms with Crippen LogP contribution in [0, 0.1) is 19.8 Å². The fourth-order valence-corrected chi connectivity index (χ4v) is 4.08. The maximum atomic E-state index is 4.84. The molecule has 17 heavy (non-hydrogen) atoms. The number of thiazole rings is 1. The first-order valence-electron chi connectivity index (χ1n) is 6.81. The summed E-state index contributed by atoms with van der Waals surface area (Å²) in [6, 6.07) is 0.768. The Balaban J connectivity index is 1.92. The zero-order valence-electron chi connectivity index (χ0n) is 11.0. The highest BCUT2D eigenvalue weighted by Crippen LogP contribution is 2.45. The Hall–Kier alpha value is -0.410. The molecule has 2 atom stereocenters. The maximum Gasteiger partial charge on any atom is 0.113 e. The van der Waals surface area contributed by atoms with E-state index in [9.17, 15) is 0 Å². The molecule has 0 bridgehead atoms. The summed E-state index contributed by atoms with van der Waals surface area (Å²) in [5, 5.41) is 5.25. The highest BCUT2D eigenvalue weighted by atomic mass is 32.1. The smallest absolute Gasteiger partial charge is 0.113 e. The Morgan fingerprint density at radius 1 is 1.29 bits per heavy atom. The van der Waals surface area contributed by atoms with Gasteiger partial charge < -0.3 is 5.32 Å². The molecule has 0 aromatic carbocycles. The van der Waals surface area contributed by atoms with Crippen molar-refractivity contribution in [2.24, 2.45) is 5.92 Å². The van der Waals surface area contributed by atoms with Gasteiger partial charge >= 0.3 is 0 Å². The molecule has 2 aliphatic carbocycles. The van der Waals surface area contributed by atoms with Gasteiger partial charge in [0.05, 0.1) is 11.2 Å². The van der Waals surface area contributed by atoms with Gasteiger partial charge in [-0.2, -0.15) is 0 Å². The van der Waals surface area contributed by atoms with Crippen LogP contribution in [0.2, 0.25) is 0 Å². The molecule has 3 rings (SSSR count). The van der Waals surface area contributed by atoms with E-state index in [-0.39, 0.29) is 5.54 Å². The van der Waals surface area contributed by atoms with Crippen molar-refractivity contribution in [2.45, 2.75) is 64.5 Å². The van der Waals surface area contributed by atoms with Gasteiger partial charge in [0.1, 0.15) is 5.01 Å². The van der Waals surface area contributed by atoms with Crippen LogP contribution in [0.25, 0.3) is 0 Å². The second-order valence-electron chi connectivity index (χ2n) is 6.01. The third-order valence-corrected chi connectivity index (χ3v) is 5.53. The number of hydrogen-bond acceptors (Lipinski definition) is 3. The molecule has 1 heterocycles. The minimum absolute atomic E-state index is 0.213. The largest absolute Gasteiger partial charge is 0.303 e. The molecule has 2 aliphatic rings. The SMILES string of the molecule is Cc1nc(C2(NC3CC3)CCC(C)C2)sc1C. The van der Waals surface area contributed by atoms with Gasteiger partial charge in [0.2, 0.25) is 0 Å². The molecule has 94 valence electrons. The number of aryl methyl sites for hydroxylation is 2. The first-order chi connectivity index (χ1) is 8.09. The van der Waals surface area contributed by atoms with E-state index in [4.69, 9.17) is 4.98 Å². The molecule has 2 nitrogen and oxygen atoms in total. The third-order valence-electron chi connectivity index (χ3n) is 4.26. The average Bonchev–Trinajstić information content (AvgIpc) is 2.91. The minimum Gasteiger partial charge on any atom is -0.303 e. The highest BCUT2D eigenvalue weighted by molar-refractivity contribution is 7.11. The zero-order valence-corrected chi connectivity index (χ0v) is 11.9. The van der Waals surface area contributed by atoms with Crippen LogP contribution in [-0.4, -0.2) is 11.0 Å². The summed E-state index contributed by atoms with van der Waals surface area (Å²) in [6.45, 7) is 6.71. The lowest BCUT2D eigenvalue weighted by molar-refractivity contribution is 0.325. The molecule has 2 unspecified atom stereocenters. The van der Waals surface area contributed by atoms with Gasteiger partial charge in [-0.1, -0.05) is 6.92 Å². The number of aromatic nitrogens is 1. The average molecular weight is 250 g/mol. The van der Waals surface area contributed by atoms with Crippen molar-refractivity contribution in [3.63, 3.8) is 0 Å². The van der Waals surface area contributed by atoms with Crippen LogP contribution in [0.15, 0.2) is 0 Å². The van der Waals surface area contributed by atoms with Crippen LogP contribution in [0.3, 0.4) is 0 Å². The molecule has 0 spiro atoms. The molecule has 0 aliphatic heterocycles. The number of nitrogens with one attached hydrogen (secondary N) is 1. The predicted octanol–water partition coefficient (Wildman–Crippen LogP) is 3.53. The molecular formula is C14H22N2S. The van der Waals surface area contributed by atoms with E-state index in [0.29, 0.717) is 0 Å². The van der Waals surface area contributed by atoms with Crippen LogP contribution in [-0.2, 0) is 5.54 Å². The molecule has 2 fully saturated rings. The summed E-state index contributed by atoms with van der Waals surface area (Å²) in [6.07, 6.45) is 6.61. The maximum absolute atomic E-state index is 4.84. The van der Waals surface area contributed by atoms with Gasteiger partial charge in [0, 0.05) is 10.9 Å². The van der Waals surface area contributed by atoms with E-state index in [1.807, 2.05) is 11.3 Å². The normalized spacial score (nSPS) is 33.2. The van der Waals surface area contributed by atoms with E-state index in [0.717, 1.165) is 12.0 Å². The van der Waals surface area contributed by atoms with Crippen molar-refractivity contribution in [1.82, 2.24) is 10.3 Å². The Bertz CT molecular complexity index is 402. The Morgan fingerprint density at radius 2 is 2.06 bits per heavy atom. The second kappa shape index (κ2) is 4.06.